The van der Waals surface area contributed by atoms with Crippen LogP contribution in [0.5, 0.6) is 5.75 Å². The third-order valence-corrected chi connectivity index (χ3v) is 5.92. The fraction of sp³-hybridized carbons (Fsp3) is 0.273. The summed E-state index contributed by atoms with van der Waals surface area (Å²) >= 11 is 0. The van der Waals surface area contributed by atoms with Crippen LogP contribution in [0.3, 0.4) is 0 Å². The maximum Gasteiger partial charge on any atom is 0.416 e. The largest absolute Gasteiger partial charge is 0.494 e. The zero-order valence-corrected chi connectivity index (χ0v) is 21.0. The summed E-state index contributed by atoms with van der Waals surface area (Å²) in [6.07, 6.45) is -2.45. The molecule has 2 aromatic carbocycles. The molecule has 200 valence electrons. The highest BCUT2D eigenvalue weighted by Gasteiger charge is 2.33. The van der Waals surface area contributed by atoms with Crippen molar-refractivity contribution in [1.82, 2.24) is 10.1 Å². The number of methoxy groups -OCH3 is 2. The van der Waals surface area contributed by atoms with Crippen LogP contribution in [0.2, 0.25) is 0 Å². The molecule has 0 saturated heterocycles. The van der Waals surface area contributed by atoms with E-state index in [0.29, 0.717) is 11.8 Å². The molecular weight excluding hydrogens is 519 g/mol. The van der Waals surface area contributed by atoms with Crippen LogP contribution in [0, 0.1) is 6.92 Å². The van der Waals surface area contributed by atoms with Crippen LogP contribution < -0.4 is 30.7 Å². The molecule has 3 rings (SSSR count). The molecular formula is C22H25F3N5O6S+. The highest BCUT2D eigenvalue weighted by atomic mass is 32.2. The van der Waals surface area contributed by atoms with Crippen LogP contribution in [0.25, 0.3) is 0 Å². The topological polar surface area (TPSA) is 143 Å². The van der Waals surface area contributed by atoms with Crippen LogP contribution in [-0.2, 0) is 32.3 Å². The van der Waals surface area contributed by atoms with Gasteiger partial charge in [-0.1, -0.05) is 6.07 Å². The van der Waals surface area contributed by atoms with Crippen molar-refractivity contribution in [2.24, 2.45) is 0 Å². The summed E-state index contributed by atoms with van der Waals surface area (Å²) < 4.78 is 75.7. The number of esters is 1. The number of hydrogen-bond acceptors (Lipinski definition) is 8. The zero-order valence-electron chi connectivity index (χ0n) is 20.2. The molecule has 1 heterocycles. The first-order valence-electron chi connectivity index (χ1n) is 10.6. The molecule has 0 radical (unpaired) electrons. The van der Waals surface area contributed by atoms with E-state index < -0.39 is 40.2 Å². The molecule has 0 bridgehead atoms. The second-order valence-corrected chi connectivity index (χ2v) is 9.81. The molecule has 11 nitrogen and oxygen atoms in total. The molecule has 0 saturated carbocycles. The Morgan fingerprint density at radius 2 is 1.86 bits per heavy atom. The Labute approximate surface area is 210 Å². The van der Waals surface area contributed by atoms with E-state index in [4.69, 9.17) is 4.74 Å². The van der Waals surface area contributed by atoms with Gasteiger partial charge in [0.15, 0.2) is 5.70 Å². The number of anilines is 2. The van der Waals surface area contributed by atoms with Gasteiger partial charge in [-0.2, -0.15) is 18.2 Å². The van der Waals surface area contributed by atoms with Gasteiger partial charge < -0.3 is 14.8 Å². The molecule has 37 heavy (non-hydrogen) atoms. The summed E-state index contributed by atoms with van der Waals surface area (Å²) in [6, 6.07) is 6.06. The number of halogens is 3. The van der Waals surface area contributed by atoms with E-state index in [1.807, 2.05) is 0 Å². The minimum atomic E-state index is -4.77. The summed E-state index contributed by atoms with van der Waals surface area (Å²) in [7, 11) is -1.30. The van der Waals surface area contributed by atoms with Crippen LogP contribution >= 0.6 is 0 Å². The molecule has 1 aliphatic heterocycles. The van der Waals surface area contributed by atoms with Gasteiger partial charge in [-0.05, 0) is 36.8 Å². The van der Waals surface area contributed by atoms with Crippen LogP contribution in [0.1, 0.15) is 27.0 Å². The summed E-state index contributed by atoms with van der Waals surface area (Å²) in [5.41, 5.74) is 4.24. The average molecular weight is 545 g/mol. The van der Waals surface area contributed by atoms with E-state index in [0.717, 1.165) is 17.9 Å². The SMILES string of the molecule is COC(=O)C1=CN(c2cc(C(=O)Nc3cc(C(F)(F)F)cc(CNS(C)(=O)=O)c3OC)ccc2C)[NH2+]N1. The maximum atomic E-state index is 13.6. The Hall–Kier alpha value is -3.82. The van der Waals surface area contributed by atoms with Gasteiger partial charge in [-0.3, -0.25) is 4.79 Å². The maximum absolute atomic E-state index is 13.6. The fourth-order valence-electron chi connectivity index (χ4n) is 3.46. The van der Waals surface area contributed by atoms with Gasteiger partial charge >= 0.3 is 12.1 Å². The van der Waals surface area contributed by atoms with Crippen molar-refractivity contribution in [3.8, 4) is 5.75 Å². The molecule has 1 aliphatic rings. The van der Waals surface area contributed by atoms with Crippen molar-refractivity contribution in [3.63, 3.8) is 0 Å². The van der Waals surface area contributed by atoms with Crippen molar-refractivity contribution in [3.05, 3.63) is 64.5 Å². The predicted octanol–water partition coefficient (Wildman–Crippen LogP) is 1.14. The van der Waals surface area contributed by atoms with Crippen molar-refractivity contribution in [1.29, 1.82) is 0 Å². The van der Waals surface area contributed by atoms with Crippen LogP contribution in [0.15, 0.2) is 42.2 Å². The summed E-state index contributed by atoms with van der Waals surface area (Å²) in [5, 5.41) is 3.98. The number of nitrogens with one attached hydrogen (secondary N) is 3. The van der Waals surface area contributed by atoms with Crippen molar-refractivity contribution in [2.75, 3.05) is 30.8 Å². The summed E-state index contributed by atoms with van der Waals surface area (Å²) in [6.45, 7) is 1.28. The lowest BCUT2D eigenvalue weighted by atomic mass is 10.1. The van der Waals surface area contributed by atoms with Gasteiger partial charge in [0.25, 0.3) is 5.91 Å². The molecule has 0 aliphatic carbocycles. The Morgan fingerprint density at radius 3 is 2.46 bits per heavy atom. The monoisotopic (exact) mass is 544 g/mol. The van der Waals surface area contributed by atoms with E-state index in [-0.39, 0.29) is 28.3 Å². The highest BCUT2D eigenvalue weighted by molar-refractivity contribution is 7.88. The number of sulfonamides is 1. The third-order valence-electron chi connectivity index (χ3n) is 5.25. The minimum Gasteiger partial charge on any atom is -0.494 e. The summed E-state index contributed by atoms with van der Waals surface area (Å²) in [4.78, 5) is 24.8. The lowest BCUT2D eigenvalue weighted by molar-refractivity contribution is -0.699. The van der Waals surface area contributed by atoms with E-state index in [1.165, 1.54) is 38.1 Å². The second-order valence-electron chi connectivity index (χ2n) is 7.98. The lowest BCUT2D eigenvalue weighted by Crippen LogP contribution is -2.98. The van der Waals surface area contributed by atoms with Gasteiger partial charge in [-0.15, -0.1) is 5.53 Å². The van der Waals surface area contributed by atoms with Gasteiger partial charge in [0.1, 0.15) is 5.75 Å². The number of nitrogens with two attached hydrogens (primary N) is 1. The molecule has 0 spiro atoms. The third kappa shape index (κ3) is 6.69. The second kappa shape index (κ2) is 10.7. The van der Waals surface area contributed by atoms with Crippen molar-refractivity contribution >= 4 is 33.3 Å². The predicted molar refractivity (Wildman–Crippen MR) is 126 cm³/mol. The van der Waals surface area contributed by atoms with Crippen LogP contribution in [-0.4, -0.2) is 40.8 Å². The number of quaternary nitrogens is 1. The number of carbonyl (C=O) groups excluding carboxylic acids is 2. The van der Waals surface area contributed by atoms with E-state index >= 15 is 0 Å². The first-order chi connectivity index (χ1) is 17.2. The van der Waals surface area contributed by atoms with Gasteiger partial charge in [-0.25, -0.2) is 23.4 Å². The molecule has 5 N–H and O–H groups in total. The molecule has 0 atom stereocenters. The number of ether oxygens (including phenoxy) is 2. The Bertz CT molecular complexity index is 1360. The quantitative estimate of drug-likeness (QED) is 0.286. The van der Waals surface area contributed by atoms with E-state index in [1.54, 1.807) is 18.0 Å². The van der Waals surface area contributed by atoms with Gasteiger partial charge in [0.05, 0.1) is 43.6 Å². The molecule has 15 heteroatoms. The first-order valence-corrected chi connectivity index (χ1v) is 12.5. The number of carbonyl (C=O) groups is 2. The number of benzene rings is 2. The normalized spacial score (nSPS) is 13.6. The fourth-order valence-corrected chi connectivity index (χ4v) is 3.88. The number of aryl methyl sites for hydroxylation is 1. The average Bonchev–Trinajstić information content (AvgIpc) is 3.31. The Balaban J connectivity index is 1.97. The highest BCUT2D eigenvalue weighted by Crippen LogP contribution is 2.38. The zero-order chi connectivity index (χ0) is 27.5. The Morgan fingerprint density at radius 1 is 1.16 bits per heavy atom. The first kappa shape index (κ1) is 27.8. The number of rotatable bonds is 8. The molecule has 2 aromatic rings. The van der Waals surface area contributed by atoms with E-state index in [9.17, 15) is 31.2 Å². The van der Waals surface area contributed by atoms with Crippen molar-refractivity contribution in [2.45, 2.75) is 19.6 Å². The number of nitrogens with zero attached hydrogens (tertiary/aromatic N) is 1. The minimum absolute atomic E-state index is 0.101. The molecule has 0 fully saturated rings. The van der Waals surface area contributed by atoms with Gasteiger partial charge in [0, 0.05) is 17.7 Å². The van der Waals surface area contributed by atoms with Crippen LogP contribution in [0.4, 0.5) is 24.5 Å². The number of alkyl halides is 3. The molecule has 0 aromatic heterocycles. The van der Waals surface area contributed by atoms with Crippen molar-refractivity contribution < 1.29 is 46.2 Å². The number of amides is 1. The summed E-state index contributed by atoms with van der Waals surface area (Å²) in [5.74, 6) is -1.47. The molecule has 1 amide bonds. The molecule has 0 unspecified atom stereocenters. The van der Waals surface area contributed by atoms with Gasteiger partial charge in [0.2, 0.25) is 10.0 Å². The standard InChI is InChI=1S/C22H24F3N5O6S/c1-12-5-6-13(8-18(12)30-11-17(28-29-30)21(32)36-3)20(31)27-16-9-15(22(23,24)25)7-14(19(16)35-2)10-26-37(4,33)34/h5-9,11,26,28-29H,10H2,1-4H3,(H,27,31)/p+1. The lowest BCUT2D eigenvalue weighted by Gasteiger charge is -2.19. The smallest absolute Gasteiger partial charge is 0.416 e. The number of hydrogen-bond donors (Lipinski definition) is 4. The van der Waals surface area contributed by atoms with E-state index in [2.05, 4.69) is 20.2 Å². The Kier molecular flexibility index (Phi) is 8.00.